The normalized spacial score (nSPS) is 15.7. The second-order valence-electron chi connectivity index (χ2n) is 7.33. The fourth-order valence-electron chi connectivity index (χ4n) is 3.93. The third kappa shape index (κ3) is 5.47. The molecule has 2 atom stereocenters. The number of methoxy groups -OCH3 is 3. The van der Waals surface area contributed by atoms with Crippen molar-refractivity contribution in [1.82, 2.24) is 15.5 Å². The Morgan fingerprint density at radius 1 is 1.13 bits per heavy atom. The van der Waals surface area contributed by atoms with Gasteiger partial charge in [0.05, 0.1) is 27.4 Å². The highest BCUT2D eigenvalue weighted by atomic mass is 32.1. The van der Waals surface area contributed by atoms with Gasteiger partial charge in [-0.3, -0.25) is 15.0 Å². The van der Waals surface area contributed by atoms with Crippen LogP contribution in [0.25, 0.3) is 0 Å². The summed E-state index contributed by atoms with van der Waals surface area (Å²) in [7, 11) is 4.54. The van der Waals surface area contributed by atoms with Gasteiger partial charge < -0.3 is 19.5 Å². The zero-order valence-electron chi connectivity index (χ0n) is 18.3. The van der Waals surface area contributed by atoms with Crippen molar-refractivity contribution in [2.45, 2.75) is 31.8 Å². The van der Waals surface area contributed by atoms with Crippen LogP contribution in [-0.2, 0) is 0 Å². The van der Waals surface area contributed by atoms with Gasteiger partial charge in [0.15, 0.2) is 16.6 Å². The maximum atomic E-state index is 12.8. The van der Waals surface area contributed by atoms with E-state index in [9.17, 15) is 4.79 Å². The van der Waals surface area contributed by atoms with Crippen LogP contribution in [0, 0.1) is 0 Å². The molecule has 2 N–H and O–H groups in total. The molecule has 1 saturated heterocycles. The fraction of sp³-hybridized carbons (Fsp3) is 0.455. The summed E-state index contributed by atoms with van der Waals surface area (Å²) in [6.07, 6.45) is 2.41. The maximum Gasteiger partial charge on any atom is 0.257 e. The number of rotatable bonds is 8. The number of thiophene rings is 1. The first kappa shape index (κ1) is 23.3. The van der Waals surface area contributed by atoms with Gasteiger partial charge in [0.1, 0.15) is 0 Å². The first-order chi connectivity index (χ1) is 15.0. The molecule has 3 rings (SSSR count). The van der Waals surface area contributed by atoms with E-state index in [1.807, 2.05) is 0 Å². The van der Waals surface area contributed by atoms with Crippen LogP contribution < -0.4 is 24.8 Å². The zero-order valence-corrected chi connectivity index (χ0v) is 19.9. The van der Waals surface area contributed by atoms with E-state index in [-0.39, 0.29) is 23.1 Å². The van der Waals surface area contributed by atoms with E-state index < -0.39 is 0 Å². The lowest BCUT2D eigenvalue weighted by molar-refractivity contribution is 0.0975. The van der Waals surface area contributed by atoms with Gasteiger partial charge >= 0.3 is 0 Å². The number of amides is 1. The molecule has 0 spiro atoms. The molecule has 1 aromatic carbocycles. The Balaban J connectivity index is 1.70. The van der Waals surface area contributed by atoms with E-state index in [0.717, 1.165) is 13.1 Å². The highest BCUT2D eigenvalue weighted by molar-refractivity contribution is 7.80. The molecule has 0 aliphatic carbocycles. The number of carbonyl (C=O) groups excluding carboxylic acids is 1. The highest BCUT2D eigenvalue weighted by Crippen LogP contribution is 2.38. The zero-order chi connectivity index (χ0) is 22.4. The van der Waals surface area contributed by atoms with Crippen LogP contribution in [0.2, 0.25) is 0 Å². The molecule has 7 nitrogen and oxygen atoms in total. The monoisotopic (exact) mass is 463 g/mol. The molecule has 2 aromatic rings. The van der Waals surface area contributed by atoms with Gasteiger partial charge in [-0.05, 0) is 68.7 Å². The van der Waals surface area contributed by atoms with Gasteiger partial charge in [0.25, 0.3) is 5.91 Å². The summed E-state index contributed by atoms with van der Waals surface area (Å²) in [5.41, 5.74) is 0.362. The van der Waals surface area contributed by atoms with Gasteiger partial charge in [-0.15, -0.1) is 11.3 Å². The molecule has 31 heavy (non-hydrogen) atoms. The lowest BCUT2D eigenvalue weighted by atomic mass is 10.1. The lowest BCUT2D eigenvalue weighted by Gasteiger charge is -2.33. The summed E-state index contributed by atoms with van der Waals surface area (Å²) in [6, 6.07) is 7.66. The first-order valence-electron chi connectivity index (χ1n) is 10.2. The number of thiocarbonyl (C=S) groups is 1. The minimum absolute atomic E-state index is 0.0319. The molecule has 9 heteroatoms. The smallest absolute Gasteiger partial charge is 0.257 e. The van der Waals surface area contributed by atoms with Gasteiger partial charge in [0.2, 0.25) is 5.75 Å². The molecular weight excluding hydrogens is 434 g/mol. The third-order valence-corrected chi connectivity index (χ3v) is 6.52. The number of nitrogens with zero attached hydrogens (tertiary/aromatic N) is 1. The molecular formula is C22H29N3O4S2. The van der Waals surface area contributed by atoms with Crippen molar-refractivity contribution in [3.63, 3.8) is 0 Å². The number of hydrogen-bond donors (Lipinski definition) is 2. The lowest BCUT2D eigenvalue weighted by Crippen LogP contribution is -2.48. The minimum Gasteiger partial charge on any atom is -0.493 e. The summed E-state index contributed by atoms with van der Waals surface area (Å²) >= 11 is 7.20. The highest BCUT2D eigenvalue weighted by Gasteiger charge is 2.29. The topological polar surface area (TPSA) is 72.1 Å². The number of hydrogen-bond acceptors (Lipinski definition) is 7. The van der Waals surface area contributed by atoms with E-state index in [4.69, 9.17) is 26.4 Å². The second kappa shape index (κ2) is 10.8. The molecule has 2 heterocycles. The van der Waals surface area contributed by atoms with Crippen molar-refractivity contribution < 1.29 is 19.0 Å². The number of likely N-dealkylation sites (tertiary alicyclic amines) is 1. The predicted octanol–water partition coefficient (Wildman–Crippen LogP) is 3.60. The molecule has 1 amide bonds. The molecule has 1 aliphatic rings. The van der Waals surface area contributed by atoms with Crippen LogP contribution in [0.15, 0.2) is 29.6 Å². The Morgan fingerprint density at radius 3 is 2.29 bits per heavy atom. The molecule has 168 valence electrons. The minimum atomic E-state index is -0.349. The number of ether oxygens (including phenoxy) is 3. The van der Waals surface area contributed by atoms with Crippen LogP contribution >= 0.6 is 23.6 Å². The summed E-state index contributed by atoms with van der Waals surface area (Å²) in [4.78, 5) is 16.6. The third-order valence-electron chi connectivity index (χ3n) is 5.36. The van der Waals surface area contributed by atoms with E-state index >= 15 is 0 Å². The van der Waals surface area contributed by atoms with Gasteiger partial charge in [-0.1, -0.05) is 6.07 Å². The summed E-state index contributed by atoms with van der Waals surface area (Å²) in [6.45, 7) is 4.24. The Labute approximate surface area is 192 Å². The number of nitrogens with one attached hydrogen (secondary N) is 2. The summed E-state index contributed by atoms with van der Waals surface area (Å²) < 4.78 is 16.0. The van der Waals surface area contributed by atoms with Crippen molar-refractivity contribution in [3.8, 4) is 17.2 Å². The average molecular weight is 464 g/mol. The van der Waals surface area contributed by atoms with Crippen molar-refractivity contribution in [2.24, 2.45) is 0 Å². The standard InChI is InChI=1S/C22H29N3O4S2/c1-14(19(18-8-7-11-31-18)25-9-5-6-10-25)23-22(30)24-21(26)15-12-16(27-2)20(29-4)17(13-15)28-3/h7-8,11-14,19H,5-6,9-10H2,1-4H3,(H2,23,24,26,30)/t14-,19+/m1/s1. The Kier molecular flexibility index (Phi) is 8.11. The average Bonchev–Trinajstić information content (AvgIpc) is 3.47. The van der Waals surface area contributed by atoms with Crippen LogP contribution in [0.4, 0.5) is 0 Å². The van der Waals surface area contributed by atoms with Crippen LogP contribution in [0.3, 0.4) is 0 Å². The van der Waals surface area contributed by atoms with Gasteiger partial charge in [-0.2, -0.15) is 0 Å². The quantitative estimate of drug-likeness (QED) is 0.580. The molecule has 1 aromatic heterocycles. The Hall–Kier alpha value is -2.36. The van der Waals surface area contributed by atoms with Crippen LogP contribution in [-0.4, -0.2) is 56.4 Å². The number of benzene rings is 1. The van der Waals surface area contributed by atoms with Gasteiger partial charge in [-0.25, -0.2) is 0 Å². The maximum absolute atomic E-state index is 12.8. The predicted molar refractivity (Wildman–Crippen MR) is 127 cm³/mol. The van der Waals surface area contributed by atoms with Gasteiger partial charge in [0, 0.05) is 16.5 Å². The molecule has 1 fully saturated rings. The van der Waals surface area contributed by atoms with E-state index in [1.54, 1.807) is 23.5 Å². The van der Waals surface area contributed by atoms with Crippen molar-refractivity contribution in [2.75, 3.05) is 34.4 Å². The van der Waals surface area contributed by atoms with Crippen LogP contribution in [0.5, 0.6) is 17.2 Å². The van der Waals surface area contributed by atoms with Crippen LogP contribution in [0.1, 0.15) is 41.0 Å². The van der Waals surface area contributed by atoms with E-state index in [2.05, 4.69) is 40.0 Å². The molecule has 0 bridgehead atoms. The molecule has 0 unspecified atom stereocenters. The largest absolute Gasteiger partial charge is 0.493 e. The summed E-state index contributed by atoms with van der Waals surface area (Å²) in [5, 5.41) is 8.45. The Bertz CT molecular complexity index is 873. The van der Waals surface area contributed by atoms with Crippen molar-refractivity contribution in [3.05, 3.63) is 40.1 Å². The summed E-state index contributed by atoms with van der Waals surface area (Å²) in [5.74, 6) is 0.898. The van der Waals surface area contributed by atoms with Crippen molar-refractivity contribution >= 4 is 34.6 Å². The number of carbonyl (C=O) groups is 1. The molecule has 0 radical (unpaired) electrons. The fourth-order valence-corrected chi connectivity index (χ4v) is 5.17. The van der Waals surface area contributed by atoms with Crippen molar-refractivity contribution in [1.29, 1.82) is 0 Å². The first-order valence-corrected chi connectivity index (χ1v) is 11.5. The Morgan fingerprint density at radius 2 is 1.77 bits per heavy atom. The van der Waals surface area contributed by atoms with E-state index in [0.29, 0.717) is 22.8 Å². The van der Waals surface area contributed by atoms with E-state index in [1.165, 1.54) is 39.0 Å². The molecule has 1 aliphatic heterocycles. The second-order valence-corrected chi connectivity index (χ2v) is 8.72. The SMILES string of the molecule is COc1cc(C(=O)NC(=S)N[C@H](C)[C@@H](c2cccs2)N2CCCC2)cc(OC)c1OC. The molecule has 0 saturated carbocycles.